The minimum atomic E-state index is -4.31. The van der Waals surface area contributed by atoms with Crippen LogP contribution in [0.1, 0.15) is 23.6 Å². The second kappa shape index (κ2) is 5.81. The van der Waals surface area contributed by atoms with Gasteiger partial charge in [0.25, 0.3) is 0 Å². The first kappa shape index (κ1) is 16.0. The Labute approximate surface area is 130 Å². The van der Waals surface area contributed by atoms with Crippen LogP contribution in [-0.4, -0.2) is 0 Å². The summed E-state index contributed by atoms with van der Waals surface area (Å²) in [5.74, 6) is 0. The zero-order valence-corrected chi connectivity index (χ0v) is 13.0. The summed E-state index contributed by atoms with van der Waals surface area (Å²) in [6.07, 6.45) is -3.86. The Morgan fingerprint density at radius 3 is 2.10 bits per heavy atom. The fourth-order valence-electron chi connectivity index (χ4n) is 2.26. The van der Waals surface area contributed by atoms with Gasteiger partial charge in [-0.15, -0.1) is 0 Å². The first-order chi connectivity index (χ1) is 9.70. The van der Waals surface area contributed by atoms with E-state index >= 15 is 0 Å². The first-order valence-electron chi connectivity index (χ1n) is 6.40. The van der Waals surface area contributed by atoms with Crippen LogP contribution in [0.4, 0.5) is 13.2 Å². The molecule has 0 aliphatic carbocycles. The van der Waals surface area contributed by atoms with Crippen molar-refractivity contribution in [1.82, 2.24) is 0 Å². The van der Waals surface area contributed by atoms with Gasteiger partial charge in [0.15, 0.2) is 0 Å². The Morgan fingerprint density at radius 2 is 1.57 bits per heavy atom. The third-order valence-electron chi connectivity index (χ3n) is 3.34. The van der Waals surface area contributed by atoms with Gasteiger partial charge in [-0.1, -0.05) is 46.3 Å². The number of nitrogens with two attached hydrogens (primary N) is 1. The van der Waals surface area contributed by atoms with E-state index in [-0.39, 0.29) is 0 Å². The number of benzene rings is 2. The van der Waals surface area contributed by atoms with Gasteiger partial charge in [-0.2, -0.15) is 13.2 Å². The molecule has 0 saturated heterocycles. The highest BCUT2D eigenvalue weighted by molar-refractivity contribution is 9.10. The predicted molar refractivity (Wildman–Crippen MR) is 80.8 cm³/mol. The molecule has 0 amide bonds. The topological polar surface area (TPSA) is 26.0 Å². The Hall–Kier alpha value is -1.33. The van der Waals surface area contributed by atoms with Gasteiger partial charge in [0.2, 0.25) is 0 Å². The Bertz CT molecular complexity index is 618. The smallest absolute Gasteiger partial charge is 0.321 e. The van der Waals surface area contributed by atoms with Crippen molar-refractivity contribution in [2.75, 3.05) is 0 Å². The number of rotatable bonds is 3. The molecule has 21 heavy (non-hydrogen) atoms. The van der Waals surface area contributed by atoms with Gasteiger partial charge in [-0.05, 0) is 42.7 Å². The monoisotopic (exact) mass is 357 g/mol. The van der Waals surface area contributed by atoms with Crippen LogP contribution in [0.2, 0.25) is 0 Å². The molecule has 0 heterocycles. The molecule has 2 N–H and O–H groups in total. The molecule has 0 saturated carbocycles. The molecule has 0 aliphatic heterocycles. The molecule has 0 aromatic heterocycles. The molecule has 2 rings (SSSR count). The lowest BCUT2D eigenvalue weighted by Gasteiger charge is -2.26. The molecule has 0 radical (unpaired) electrons. The van der Waals surface area contributed by atoms with E-state index in [9.17, 15) is 13.2 Å². The van der Waals surface area contributed by atoms with Gasteiger partial charge in [0, 0.05) is 10.0 Å². The highest BCUT2D eigenvalue weighted by Gasteiger charge is 2.30. The maximum atomic E-state index is 12.5. The van der Waals surface area contributed by atoms with Crippen LogP contribution in [-0.2, 0) is 18.1 Å². The van der Waals surface area contributed by atoms with Crippen molar-refractivity contribution in [3.05, 3.63) is 69.7 Å². The summed E-state index contributed by atoms with van der Waals surface area (Å²) in [5, 5.41) is 0. The van der Waals surface area contributed by atoms with E-state index in [1.54, 1.807) is 0 Å². The molecular weight excluding hydrogens is 343 g/mol. The van der Waals surface area contributed by atoms with Crippen molar-refractivity contribution in [1.29, 1.82) is 0 Å². The van der Waals surface area contributed by atoms with Gasteiger partial charge >= 0.3 is 6.18 Å². The average Bonchev–Trinajstić information content (AvgIpc) is 2.38. The van der Waals surface area contributed by atoms with Crippen molar-refractivity contribution in [3.63, 3.8) is 0 Å². The molecule has 5 heteroatoms. The van der Waals surface area contributed by atoms with Gasteiger partial charge < -0.3 is 5.73 Å². The maximum absolute atomic E-state index is 12.5. The molecule has 112 valence electrons. The SMILES string of the molecule is CC(N)(Cc1ccc(C(F)(F)F)cc1)c1ccccc1Br. The zero-order valence-electron chi connectivity index (χ0n) is 11.4. The number of hydrogen-bond donors (Lipinski definition) is 1. The highest BCUT2D eigenvalue weighted by atomic mass is 79.9. The molecule has 1 atom stereocenters. The van der Waals surface area contributed by atoms with Crippen molar-refractivity contribution in [2.45, 2.75) is 25.1 Å². The molecule has 2 aromatic rings. The van der Waals surface area contributed by atoms with Crippen LogP contribution in [0.25, 0.3) is 0 Å². The highest BCUT2D eigenvalue weighted by Crippen LogP contribution is 2.32. The minimum Gasteiger partial charge on any atom is -0.321 e. The maximum Gasteiger partial charge on any atom is 0.416 e. The van der Waals surface area contributed by atoms with Crippen molar-refractivity contribution in [3.8, 4) is 0 Å². The Kier molecular flexibility index (Phi) is 4.44. The lowest BCUT2D eigenvalue weighted by atomic mass is 9.86. The normalized spacial score (nSPS) is 14.8. The van der Waals surface area contributed by atoms with Gasteiger partial charge in [0.05, 0.1) is 5.56 Å². The molecule has 1 unspecified atom stereocenters. The first-order valence-corrected chi connectivity index (χ1v) is 7.19. The van der Waals surface area contributed by atoms with Gasteiger partial charge in [0.1, 0.15) is 0 Å². The third kappa shape index (κ3) is 3.86. The summed E-state index contributed by atoms with van der Waals surface area (Å²) < 4.78 is 38.5. The number of halogens is 4. The lowest BCUT2D eigenvalue weighted by Crippen LogP contribution is -2.35. The van der Waals surface area contributed by atoms with E-state index in [1.807, 2.05) is 31.2 Å². The summed E-state index contributed by atoms with van der Waals surface area (Å²) in [4.78, 5) is 0. The Balaban J connectivity index is 2.23. The van der Waals surface area contributed by atoms with Crippen LogP contribution >= 0.6 is 15.9 Å². The van der Waals surface area contributed by atoms with Crippen molar-refractivity contribution < 1.29 is 13.2 Å². The van der Waals surface area contributed by atoms with E-state index in [4.69, 9.17) is 5.73 Å². The second-order valence-corrected chi connectivity index (χ2v) is 6.12. The lowest BCUT2D eigenvalue weighted by molar-refractivity contribution is -0.137. The van der Waals surface area contributed by atoms with Gasteiger partial charge in [-0.3, -0.25) is 0 Å². The average molecular weight is 358 g/mol. The van der Waals surface area contributed by atoms with Crippen LogP contribution in [0.3, 0.4) is 0 Å². The van der Waals surface area contributed by atoms with E-state index in [1.165, 1.54) is 12.1 Å². The number of alkyl halides is 3. The van der Waals surface area contributed by atoms with Crippen molar-refractivity contribution >= 4 is 15.9 Å². The van der Waals surface area contributed by atoms with Crippen LogP contribution in [0.5, 0.6) is 0 Å². The van der Waals surface area contributed by atoms with E-state index in [0.29, 0.717) is 6.42 Å². The van der Waals surface area contributed by atoms with Crippen LogP contribution < -0.4 is 5.73 Å². The summed E-state index contributed by atoms with van der Waals surface area (Å²) in [5.41, 5.74) is 6.72. The fourth-order valence-corrected chi connectivity index (χ4v) is 2.99. The fraction of sp³-hybridized carbons (Fsp3) is 0.250. The zero-order chi connectivity index (χ0) is 15.7. The summed E-state index contributed by atoms with van der Waals surface area (Å²) in [6.45, 7) is 1.87. The van der Waals surface area contributed by atoms with E-state index in [0.717, 1.165) is 27.7 Å². The molecule has 0 bridgehead atoms. The standard InChI is InChI=1S/C16H15BrF3N/c1-15(21,13-4-2-3-5-14(13)17)10-11-6-8-12(9-7-11)16(18,19)20/h2-9H,10,21H2,1H3. The number of hydrogen-bond acceptors (Lipinski definition) is 1. The second-order valence-electron chi connectivity index (χ2n) is 5.27. The van der Waals surface area contributed by atoms with Crippen LogP contribution in [0, 0.1) is 0 Å². The largest absolute Gasteiger partial charge is 0.416 e. The van der Waals surface area contributed by atoms with Crippen molar-refractivity contribution in [2.24, 2.45) is 5.73 Å². The third-order valence-corrected chi connectivity index (χ3v) is 4.03. The Morgan fingerprint density at radius 1 is 1.00 bits per heavy atom. The molecule has 0 aliphatic rings. The van der Waals surface area contributed by atoms with E-state index < -0.39 is 17.3 Å². The summed E-state index contributed by atoms with van der Waals surface area (Å²) in [6, 6.07) is 12.7. The molecular formula is C16H15BrF3N. The summed E-state index contributed by atoms with van der Waals surface area (Å²) >= 11 is 3.45. The quantitative estimate of drug-likeness (QED) is 0.831. The van der Waals surface area contributed by atoms with E-state index in [2.05, 4.69) is 15.9 Å². The minimum absolute atomic E-state index is 0.452. The molecule has 0 fully saturated rings. The molecule has 2 aromatic carbocycles. The van der Waals surface area contributed by atoms with Crippen LogP contribution in [0.15, 0.2) is 53.0 Å². The summed E-state index contributed by atoms with van der Waals surface area (Å²) in [7, 11) is 0. The van der Waals surface area contributed by atoms with Gasteiger partial charge in [-0.25, -0.2) is 0 Å². The molecule has 1 nitrogen and oxygen atoms in total. The molecule has 0 spiro atoms. The predicted octanol–water partition coefficient (Wildman–Crippen LogP) is 4.88.